The van der Waals surface area contributed by atoms with Crippen molar-refractivity contribution in [2.75, 3.05) is 85.6 Å². The molecule has 20 atom stereocenters. The van der Waals surface area contributed by atoms with Gasteiger partial charge in [0.1, 0.15) is 37.3 Å². The fraction of sp³-hybridized carbons (Fsp3) is 0.582. The number of amides is 8. The second-order valence-electron chi connectivity index (χ2n) is 29.0. The third-order valence-corrected chi connectivity index (χ3v) is 18.5. The van der Waals surface area contributed by atoms with E-state index in [-0.39, 0.29) is 6.61 Å². The second-order valence-corrected chi connectivity index (χ2v) is 29.0. The highest BCUT2D eigenvalue weighted by molar-refractivity contribution is 5.96. The largest absolute Gasteiger partial charge is 0.480 e. The Kier molecular flexibility index (Phi) is 39.9. The summed E-state index contributed by atoms with van der Waals surface area (Å²) >= 11 is 0. The van der Waals surface area contributed by atoms with Crippen molar-refractivity contribution >= 4 is 125 Å². The fourth-order valence-electron chi connectivity index (χ4n) is 13.6. The molecule has 714 valence electrons. The number of rotatable bonds is 42. The van der Waals surface area contributed by atoms with Crippen LogP contribution in [-0.2, 0) is 195 Å². The van der Waals surface area contributed by atoms with Gasteiger partial charge in [0, 0.05) is 89.0 Å². The van der Waals surface area contributed by atoms with Gasteiger partial charge in [-0.05, 0) is 22.3 Å². The topological polar surface area (TPSA) is 669 Å². The predicted molar refractivity (Wildman–Crippen MR) is 417 cm³/mol. The van der Waals surface area contributed by atoms with E-state index in [4.69, 9.17) is 99.5 Å². The molecule has 51 nitrogen and oxygen atoms in total. The molecular weight excluding hydrogens is 1750 g/mol. The molecule has 0 spiro atoms. The molecule has 8 amide bonds. The van der Waals surface area contributed by atoms with Crippen molar-refractivity contribution in [3.05, 3.63) is 59.7 Å². The first kappa shape index (κ1) is 104. The molecule has 9 N–H and O–H groups in total. The number of benzene rings is 2. The monoisotopic (exact) mass is 1850 g/mol. The van der Waals surface area contributed by atoms with Crippen molar-refractivity contribution in [3.63, 3.8) is 0 Å². The Balaban J connectivity index is 1.17. The minimum atomic E-state index is -2.14. The summed E-state index contributed by atoms with van der Waals surface area (Å²) in [4.78, 5) is 274. The van der Waals surface area contributed by atoms with Crippen molar-refractivity contribution in [1.29, 1.82) is 0 Å². The molecule has 4 aliphatic heterocycles. The van der Waals surface area contributed by atoms with Crippen molar-refractivity contribution < 1.29 is 205 Å². The van der Waals surface area contributed by atoms with Crippen LogP contribution >= 0.6 is 0 Å². The van der Waals surface area contributed by atoms with Gasteiger partial charge in [-0.1, -0.05) is 48.5 Å². The summed E-state index contributed by atoms with van der Waals surface area (Å²) in [5.41, 5.74) is 3.26. The van der Waals surface area contributed by atoms with E-state index >= 15 is 0 Å². The van der Waals surface area contributed by atoms with E-state index < -0.39 is 333 Å². The zero-order valence-corrected chi connectivity index (χ0v) is 72.0. The molecule has 7 rings (SSSR count). The third kappa shape index (κ3) is 32.5. The minimum Gasteiger partial charge on any atom is -0.480 e. The van der Waals surface area contributed by atoms with Crippen molar-refractivity contribution in [2.45, 2.75) is 212 Å². The number of fused-ring (bicyclic) bond motifs is 3. The van der Waals surface area contributed by atoms with Crippen LogP contribution in [0.2, 0.25) is 0 Å². The van der Waals surface area contributed by atoms with Crippen LogP contribution in [0.25, 0.3) is 11.1 Å². The van der Waals surface area contributed by atoms with Crippen LogP contribution in [0.3, 0.4) is 0 Å². The number of carbonyl (C=O) groups is 21. The number of ether oxygens (including phenoxy) is 21. The maximum atomic E-state index is 14.7. The minimum absolute atomic E-state index is 0.320. The average molecular weight is 1850 g/mol. The highest BCUT2D eigenvalue weighted by Gasteiger charge is 2.53. The van der Waals surface area contributed by atoms with E-state index in [1.54, 1.807) is 12.1 Å². The lowest BCUT2D eigenvalue weighted by atomic mass is 9.98. The zero-order chi connectivity index (χ0) is 95.9. The second kappa shape index (κ2) is 49.9. The quantitative estimate of drug-likeness (QED) is 0.0221. The lowest BCUT2D eigenvalue weighted by molar-refractivity contribution is -0.281. The van der Waals surface area contributed by atoms with Crippen LogP contribution in [0.1, 0.15) is 100 Å². The molecule has 4 fully saturated rings. The molecule has 0 saturated carbocycles. The molecule has 2 aromatic rings. The first-order valence-corrected chi connectivity index (χ1v) is 39.8. The normalized spacial score (nSPS) is 23.9. The number of alkyl carbamates (subject to hydrolysis) is 1. The van der Waals surface area contributed by atoms with E-state index in [0.717, 1.165) is 105 Å². The van der Waals surface area contributed by atoms with Gasteiger partial charge in [0.05, 0.1) is 72.5 Å². The molecule has 1 aliphatic carbocycles. The third-order valence-electron chi connectivity index (χ3n) is 18.5. The first-order chi connectivity index (χ1) is 61.4. The van der Waals surface area contributed by atoms with Gasteiger partial charge in [-0.25, -0.2) is 4.79 Å². The van der Waals surface area contributed by atoms with Gasteiger partial charge >= 0.3 is 83.7 Å². The molecule has 0 unspecified atom stereocenters. The molecular formula is C79H100N8O43. The summed E-state index contributed by atoms with van der Waals surface area (Å²) in [6.07, 6.45) is -28.2. The zero-order valence-electron chi connectivity index (χ0n) is 72.0. The molecule has 51 heteroatoms. The molecule has 0 aromatic heterocycles. The standard InChI is InChI=1S/C79H100N8O43/c1-34(88)119-55-30-114-75(67(127-42(9)96)63(55)123-38(5)92)110-26-51(71(105)81-22-60(101)86-53(73(107)83-24-62(103)104)28-112-77-69(129-44(11)98)65(125-40(7)94)57(32-116-77)121-36(3)90)84-59(100)21-80-72(106)52(27-111-76-68(128-43(10)97)64(124-39(6)93)56(31-115-76)120-35(2)89)85-61(102)23-82-74(108)54(29-113-78-70(130-45(12)99)66(126-41(8)95)58(33-117-78)122-37(4)91)87-79(109)118-25-50-48-19-15-13-17-46(48)47-18-14-16-20-49(47)50/h13-20,50-58,63-70,75-78H,21-33H2,1-12H3,(H,80,106)(H,81,105)(H,82,108)(H,83,107)(H,84,100)(H,85,102)(H,86,101)(H,87,109)(H,103,104)/t51-,52-,53-,54-,55+,56+,57+,58+,63-,64-,65-,66-,67+,68+,69+,70+,75+,76+,77+,78+/m0/s1. The number of carboxylic acids is 1. The maximum absolute atomic E-state index is 14.7. The Hall–Kier alpha value is -13.2. The van der Waals surface area contributed by atoms with Crippen LogP contribution in [0.4, 0.5) is 4.79 Å². The summed E-state index contributed by atoms with van der Waals surface area (Å²) in [6.45, 7) is -0.165. The van der Waals surface area contributed by atoms with Crippen LogP contribution < -0.4 is 42.5 Å². The molecule has 4 heterocycles. The van der Waals surface area contributed by atoms with Crippen LogP contribution in [-0.4, -0.2) is 338 Å². The Morgan fingerprint density at radius 1 is 0.308 bits per heavy atom. The van der Waals surface area contributed by atoms with Crippen molar-refractivity contribution in [1.82, 2.24) is 42.5 Å². The van der Waals surface area contributed by atoms with E-state index in [9.17, 15) is 106 Å². The lowest BCUT2D eigenvalue weighted by Crippen LogP contribution is -2.60. The lowest BCUT2D eigenvalue weighted by Gasteiger charge is -2.40. The number of hydrogen-bond donors (Lipinski definition) is 9. The van der Waals surface area contributed by atoms with Crippen LogP contribution in [0, 0.1) is 0 Å². The molecule has 4 saturated heterocycles. The molecule has 130 heavy (non-hydrogen) atoms. The molecule has 0 bridgehead atoms. The predicted octanol–water partition coefficient (Wildman–Crippen LogP) is -5.43. The highest BCUT2D eigenvalue weighted by Crippen LogP contribution is 2.45. The summed E-state index contributed by atoms with van der Waals surface area (Å²) in [6, 6.07) is 6.37. The molecule has 2 aromatic carbocycles. The van der Waals surface area contributed by atoms with E-state index in [2.05, 4.69) is 37.2 Å². The Morgan fingerprint density at radius 2 is 0.531 bits per heavy atom. The van der Waals surface area contributed by atoms with Gasteiger partial charge in [0.25, 0.3) is 0 Å². The van der Waals surface area contributed by atoms with Crippen LogP contribution in [0.5, 0.6) is 0 Å². The van der Waals surface area contributed by atoms with Gasteiger partial charge in [-0.3, -0.25) is 95.9 Å². The highest BCUT2D eigenvalue weighted by atomic mass is 16.8. The number of nitrogens with one attached hydrogen (secondary N) is 8. The number of carboxylic acid groups (broad SMARTS) is 1. The van der Waals surface area contributed by atoms with Crippen LogP contribution in [0.15, 0.2) is 48.5 Å². The first-order valence-electron chi connectivity index (χ1n) is 39.8. The van der Waals surface area contributed by atoms with Crippen molar-refractivity contribution in [2.24, 2.45) is 0 Å². The summed E-state index contributed by atoms with van der Waals surface area (Å²) < 4.78 is 116. The van der Waals surface area contributed by atoms with Crippen molar-refractivity contribution in [3.8, 4) is 11.1 Å². The Bertz CT molecular complexity index is 4440. The Labute approximate surface area is 738 Å². The maximum Gasteiger partial charge on any atom is 0.407 e. The summed E-state index contributed by atoms with van der Waals surface area (Å²) in [5.74, 6) is -23.2. The summed E-state index contributed by atoms with van der Waals surface area (Å²) in [5, 5.41) is 27.0. The molecule has 0 radical (unpaired) electrons. The van der Waals surface area contributed by atoms with E-state index in [0.29, 0.717) is 0 Å². The van der Waals surface area contributed by atoms with E-state index in [1.165, 1.54) is 0 Å². The number of carbonyl (C=O) groups excluding carboxylic acids is 20. The Morgan fingerprint density at radius 3 is 0.769 bits per heavy atom. The average Bonchev–Trinajstić information content (AvgIpc) is 1.61. The summed E-state index contributed by atoms with van der Waals surface area (Å²) in [7, 11) is 0. The number of aliphatic carboxylic acids is 1. The fourth-order valence-corrected chi connectivity index (χ4v) is 13.6. The molecule has 5 aliphatic rings. The van der Waals surface area contributed by atoms with Gasteiger partial charge in [0.15, 0.2) is 98.4 Å². The number of esters is 12. The van der Waals surface area contributed by atoms with Gasteiger partial charge in [-0.15, -0.1) is 0 Å². The van der Waals surface area contributed by atoms with E-state index in [1.807, 2.05) is 41.7 Å². The SMILES string of the molecule is CC(=O)O[C@@H]1[C@@H](OC(C)=O)[C@H](OC[C@H](NC(=O)CNC(=O)[C@H](CO[C@@H]2OC[C@@H](OC(C)=O)[C@H](OC(C)=O)[C@H]2OC(C)=O)NC(=O)CNC(=O)[C@H](CO[C@@H]2OC[C@@H](OC(C)=O)[C@H](OC(C)=O)[C@H]2OC(C)=O)NC(=O)CNC(=O)[C@H](CO[C@@H]2OC[C@@H](OC(C)=O)[C@H](OC(C)=O)[C@H]2OC(C)=O)NC(=O)OCC2c3ccccc3-c3ccccc32)C(=O)NCC(=O)O)OC[C@H]1OC(C)=O. The van der Waals surface area contributed by atoms with Gasteiger partial charge in [0.2, 0.25) is 41.4 Å². The van der Waals surface area contributed by atoms with Gasteiger partial charge in [-0.2, -0.15) is 0 Å². The number of hydrogen-bond acceptors (Lipinski definition) is 42. The van der Waals surface area contributed by atoms with Gasteiger partial charge < -0.3 is 147 Å². The smallest absolute Gasteiger partial charge is 0.407 e.